The van der Waals surface area contributed by atoms with Gasteiger partial charge in [0.05, 0.1) is 4.47 Å². The van der Waals surface area contributed by atoms with Gasteiger partial charge in [-0.3, -0.25) is 4.90 Å². The Kier molecular flexibility index (Phi) is 3.87. The summed E-state index contributed by atoms with van der Waals surface area (Å²) < 4.78 is 0.786. The molecule has 1 heterocycles. The van der Waals surface area contributed by atoms with Crippen molar-refractivity contribution in [3.05, 3.63) is 28.2 Å². The normalized spacial score (nSPS) is 19.6. The highest BCUT2D eigenvalue weighted by Crippen LogP contribution is 2.30. The monoisotopic (exact) mass is 283 g/mol. The van der Waals surface area contributed by atoms with Crippen molar-refractivity contribution in [2.75, 3.05) is 13.1 Å². The molecule has 0 spiro atoms. The molecule has 0 radical (unpaired) electrons. The smallest absolute Gasteiger partial charge is 0.129 e. The number of benzene rings is 1. The molecular weight excluding hydrogens is 266 g/mol. The number of phenols is 1. The molecule has 2 rings (SSSR count). The molecule has 3 heteroatoms. The molecule has 1 aromatic rings. The predicted octanol–water partition coefficient (Wildman–Crippen LogP) is 3.70. The highest BCUT2D eigenvalue weighted by atomic mass is 79.9. The van der Waals surface area contributed by atoms with Gasteiger partial charge in [-0.25, -0.2) is 0 Å². The van der Waals surface area contributed by atoms with Crippen molar-refractivity contribution in [1.82, 2.24) is 4.90 Å². The lowest BCUT2D eigenvalue weighted by Crippen LogP contribution is -2.32. The van der Waals surface area contributed by atoms with E-state index in [1.807, 2.05) is 12.1 Å². The van der Waals surface area contributed by atoms with Gasteiger partial charge in [-0.1, -0.05) is 12.5 Å². The van der Waals surface area contributed by atoms with Crippen molar-refractivity contribution in [3.63, 3.8) is 0 Å². The lowest BCUT2D eigenvalue weighted by molar-refractivity contribution is 0.175. The summed E-state index contributed by atoms with van der Waals surface area (Å²) in [7, 11) is 0. The van der Waals surface area contributed by atoms with Crippen molar-refractivity contribution in [3.8, 4) is 5.75 Å². The van der Waals surface area contributed by atoms with Gasteiger partial charge < -0.3 is 5.11 Å². The van der Waals surface area contributed by atoms with E-state index in [0.29, 0.717) is 11.8 Å². The van der Waals surface area contributed by atoms with Gasteiger partial charge in [0.2, 0.25) is 0 Å². The van der Waals surface area contributed by atoms with Crippen molar-refractivity contribution in [2.45, 2.75) is 32.2 Å². The first-order valence-corrected chi connectivity index (χ1v) is 6.70. The van der Waals surface area contributed by atoms with Crippen molar-refractivity contribution < 1.29 is 5.11 Å². The van der Waals surface area contributed by atoms with Crippen LogP contribution in [0.5, 0.6) is 5.75 Å². The first kappa shape index (κ1) is 11.9. The molecule has 0 aliphatic carbocycles. The van der Waals surface area contributed by atoms with Crippen molar-refractivity contribution in [2.24, 2.45) is 0 Å². The molecule has 88 valence electrons. The van der Waals surface area contributed by atoms with Gasteiger partial charge in [-0.15, -0.1) is 0 Å². The van der Waals surface area contributed by atoms with Crippen LogP contribution in [0.25, 0.3) is 0 Å². The van der Waals surface area contributed by atoms with E-state index in [1.54, 1.807) is 6.07 Å². The summed E-state index contributed by atoms with van der Waals surface area (Å²) in [6.07, 6.45) is 3.98. The third-order valence-corrected chi connectivity index (χ3v) is 4.03. The highest BCUT2D eigenvalue weighted by molar-refractivity contribution is 9.10. The van der Waals surface area contributed by atoms with Crippen LogP contribution in [0.4, 0.5) is 0 Å². The summed E-state index contributed by atoms with van der Waals surface area (Å²) in [5, 5.41) is 9.48. The largest absolute Gasteiger partial charge is 0.507 e. The van der Waals surface area contributed by atoms with Crippen LogP contribution in [0.1, 0.15) is 37.8 Å². The van der Waals surface area contributed by atoms with Crippen molar-refractivity contribution >= 4 is 15.9 Å². The Morgan fingerprint density at radius 3 is 2.56 bits per heavy atom. The molecule has 1 atom stereocenters. The van der Waals surface area contributed by atoms with Crippen LogP contribution in [0.3, 0.4) is 0 Å². The van der Waals surface area contributed by atoms with Crippen LogP contribution in [-0.2, 0) is 0 Å². The zero-order valence-electron chi connectivity index (χ0n) is 9.62. The topological polar surface area (TPSA) is 23.5 Å². The Morgan fingerprint density at radius 2 is 1.94 bits per heavy atom. The predicted molar refractivity (Wildman–Crippen MR) is 69.6 cm³/mol. The van der Waals surface area contributed by atoms with Crippen LogP contribution in [-0.4, -0.2) is 23.1 Å². The molecule has 0 bridgehead atoms. The standard InChI is InChI=1S/C13H18BrNO/c1-10(15-7-3-2-4-8-15)11-5-6-13(16)12(14)9-11/h5-6,9-10,16H,2-4,7-8H2,1H3. The zero-order valence-corrected chi connectivity index (χ0v) is 11.2. The summed E-state index contributed by atoms with van der Waals surface area (Å²) in [6.45, 7) is 4.63. The van der Waals surface area contributed by atoms with E-state index >= 15 is 0 Å². The second-order valence-corrected chi connectivity index (χ2v) is 5.34. The van der Waals surface area contributed by atoms with Gasteiger partial charge >= 0.3 is 0 Å². The summed E-state index contributed by atoms with van der Waals surface area (Å²) in [5.74, 6) is 0.314. The highest BCUT2D eigenvalue weighted by Gasteiger charge is 2.18. The number of likely N-dealkylation sites (tertiary alicyclic amines) is 1. The van der Waals surface area contributed by atoms with E-state index in [-0.39, 0.29) is 0 Å². The van der Waals surface area contributed by atoms with E-state index in [9.17, 15) is 5.11 Å². The molecule has 1 fully saturated rings. The second kappa shape index (κ2) is 5.19. The number of halogens is 1. The Bertz CT molecular complexity index is 361. The lowest BCUT2D eigenvalue weighted by atomic mass is 10.0. The molecule has 1 aliphatic rings. The Hall–Kier alpha value is -0.540. The molecular formula is C13H18BrNO. The van der Waals surface area contributed by atoms with E-state index in [0.717, 1.165) is 4.47 Å². The van der Waals surface area contributed by atoms with E-state index in [2.05, 4.69) is 27.8 Å². The number of phenolic OH excluding ortho intramolecular Hbond substituents is 1. The van der Waals surface area contributed by atoms with Gasteiger partial charge in [0.15, 0.2) is 0 Å². The fourth-order valence-corrected chi connectivity index (χ4v) is 2.70. The van der Waals surface area contributed by atoms with Gasteiger partial charge in [-0.05, 0) is 66.5 Å². The number of hydrogen-bond acceptors (Lipinski definition) is 2. The molecule has 1 aromatic carbocycles. The van der Waals surface area contributed by atoms with Crippen LogP contribution in [0, 0.1) is 0 Å². The van der Waals surface area contributed by atoms with Gasteiger partial charge in [0.1, 0.15) is 5.75 Å². The minimum atomic E-state index is 0.314. The van der Waals surface area contributed by atoms with Crippen LogP contribution in [0.15, 0.2) is 22.7 Å². The van der Waals surface area contributed by atoms with Gasteiger partial charge in [0.25, 0.3) is 0 Å². The number of piperidine rings is 1. The Balaban J connectivity index is 2.12. The number of hydrogen-bond donors (Lipinski definition) is 1. The second-order valence-electron chi connectivity index (χ2n) is 4.48. The van der Waals surface area contributed by atoms with E-state index in [4.69, 9.17) is 0 Å². The molecule has 0 amide bonds. The summed E-state index contributed by atoms with van der Waals surface area (Å²) >= 11 is 3.37. The average Bonchev–Trinajstić information content (AvgIpc) is 2.33. The van der Waals surface area contributed by atoms with Gasteiger partial charge in [-0.2, -0.15) is 0 Å². The summed E-state index contributed by atoms with van der Waals surface area (Å²) in [6, 6.07) is 6.24. The van der Waals surface area contributed by atoms with Gasteiger partial charge in [0, 0.05) is 6.04 Å². The minimum absolute atomic E-state index is 0.314. The maximum atomic E-state index is 9.48. The lowest BCUT2D eigenvalue weighted by Gasteiger charge is -2.32. The fourth-order valence-electron chi connectivity index (χ4n) is 2.30. The molecule has 1 aliphatic heterocycles. The summed E-state index contributed by atoms with van der Waals surface area (Å²) in [5.41, 5.74) is 1.27. The molecule has 2 nitrogen and oxygen atoms in total. The first-order chi connectivity index (χ1) is 7.68. The Labute approximate surface area is 105 Å². The molecule has 1 N–H and O–H groups in total. The van der Waals surface area contributed by atoms with Crippen LogP contribution in [0.2, 0.25) is 0 Å². The third-order valence-electron chi connectivity index (χ3n) is 3.39. The van der Waals surface area contributed by atoms with E-state index in [1.165, 1.54) is 37.9 Å². The molecule has 16 heavy (non-hydrogen) atoms. The Morgan fingerprint density at radius 1 is 1.25 bits per heavy atom. The third kappa shape index (κ3) is 2.58. The average molecular weight is 284 g/mol. The molecule has 1 saturated heterocycles. The summed E-state index contributed by atoms with van der Waals surface area (Å²) in [4.78, 5) is 2.52. The van der Waals surface area contributed by atoms with E-state index < -0.39 is 0 Å². The number of aromatic hydroxyl groups is 1. The van der Waals surface area contributed by atoms with Crippen LogP contribution >= 0.6 is 15.9 Å². The maximum absolute atomic E-state index is 9.48. The fraction of sp³-hybridized carbons (Fsp3) is 0.538. The SMILES string of the molecule is CC(c1ccc(O)c(Br)c1)N1CCCCC1. The zero-order chi connectivity index (χ0) is 11.5. The number of nitrogens with zero attached hydrogens (tertiary/aromatic N) is 1. The molecule has 0 saturated carbocycles. The van der Waals surface area contributed by atoms with Crippen molar-refractivity contribution in [1.29, 1.82) is 0 Å². The molecule has 0 aromatic heterocycles. The maximum Gasteiger partial charge on any atom is 0.129 e. The number of rotatable bonds is 2. The quantitative estimate of drug-likeness (QED) is 0.895. The van der Waals surface area contributed by atoms with Crippen LogP contribution < -0.4 is 0 Å². The minimum Gasteiger partial charge on any atom is -0.507 e. The molecule has 1 unspecified atom stereocenters. The first-order valence-electron chi connectivity index (χ1n) is 5.91.